The summed E-state index contributed by atoms with van der Waals surface area (Å²) in [6, 6.07) is 9.41. The van der Waals surface area contributed by atoms with Gasteiger partial charge in [0.1, 0.15) is 0 Å². The van der Waals surface area contributed by atoms with Crippen molar-refractivity contribution >= 4 is 0 Å². The first-order valence-corrected chi connectivity index (χ1v) is 8.18. The van der Waals surface area contributed by atoms with Gasteiger partial charge in [-0.2, -0.15) is 18.4 Å². The first-order valence-electron chi connectivity index (χ1n) is 8.18. The molecule has 3 nitrogen and oxygen atoms in total. The minimum Gasteiger partial charge on any atom is -0.378 e. The van der Waals surface area contributed by atoms with E-state index in [4.69, 9.17) is 4.74 Å². The van der Waals surface area contributed by atoms with E-state index >= 15 is 0 Å². The smallest absolute Gasteiger partial charge is 0.378 e. The average Bonchev–Trinajstić information content (AvgIpc) is 2.52. The standard InChI is InChI=1S/C18H20F3N2O/c1-23(16-10-24-11-16)15-6-7-17(13(8-15)9-22)12-2-4-14(5-3-12)18(19,20)21/h2-4,13,15-17H,6-8,10-11H2,1H3. The number of benzene rings is 1. The fourth-order valence-electron chi connectivity index (χ4n) is 3.66. The summed E-state index contributed by atoms with van der Waals surface area (Å²) >= 11 is 0. The number of ether oxygens (including phenoxy) is 1. The molecule has 1 aromatic rings. The van der Waals surface area contributed by atoms with E-state index in [1.165, 1.54) is 12.1 Å². The van der Waals surface area contributed by atoms with Crippen molar-refractivity contribution in [2.24, 2.45) is 5.92 Å². The molecule has 0 aromatic heterocycles. The van der Waals surface area contributed by atoms with Crippen molar-refractivity contribution in [3.8, 4) is 6.07 Å². The van der Waals surface area contributed by atoms with Crippen LogP contribution in [-0.2, 0) is 10.9 Å². The zero-order valence-corrected chi connectivity index (χ0v) is 13.5. The van der Waals surface area contributed by atoms with Crippen LogP contribution in [-0.4, -0.2) is 37.2 Å². The van der Waals surface area contributed by atoms with Crippen LogP contribution in [0.1, 0.15) is 36.3 Å². The Bertz CT molecular complexity index is 604. The molecule has 0 amide bonds. The van der Waals surface area contributed by atoms with Crippen LogP contribution in [0.5, 0.6) is 0 Å². The Hall–Kier alpha value is -1.58. The topological polar surface area (TPSA) is 36.3 Å². The van der Waals surface area contributed by atoms with Crippen molar-refractivity contribution in [3.05, 3.63) is 35.4 Å². The number of alkyl halides is 3. The first kappa shape index (κ1) is 17.2. The van der Waals surface area contributed by atoms with Crippen LogP contribution in [0.3, 0.4) is 0 Å². The molecule has 6 heteroatoms. The number of rotatable bonds is 3. The highest BCUT2D eigenvalue weighted by atomic mass is 19.4. The number of halogens is 3. The molecule has 0 spiro atoms. The molecule has 1 saturated heterocycles. The molecule has 3 atom stereocenters. The summed E-state index contributed by atoms with van der Waals surface area (Å²) in [6.45, 7) is 1.48. The van der Waals surface area contributed by atoms with Gasteiger partial charge < -0.3 is 4.74 Å². The molecule has 3 unspecified atom stereocenters. The molecule has 0 N–H and O–H groups in total. The van der Waals surface area contributed by atoms with Gasteiger partial charge in [0, 0.05) is 6.04 Å². The third-order valence-corrected chi connectivity index (χ3v) is 5.33. The van der Waals surface area contributed by atoms with Gasteiger partial charge in [-0.3, -0.25) is 4.90 Å². The maximum atomic E-state index is 12.7. The van der Waals surface area contributed by atoms with Crippen LogP contribution in [0.25, 0.3) is 0 Å². The van der Waals surface area contributed by atoms with Crippen molar-refractivity contribution in [2.75, 3.05) is 20.3 Å². The van der Waals surface area contributed by atoms with Crippen LogP contribution in [0.4, 0.5) is 13.2 Å². The lowest BCUT2D eigenvalue weighted by Gasteiger charge is -2.43. The number of nitrogens with zero attached hydrogens (tertiary/aromatic N) is 2. The second-order valence-corrected chi connectivity index (χ2v) is 6.70. The average molecular weight is 337 g/mol. The zero-order chi connectivity index (χ0) is 17.3. The van der Waals surface area contributed by atoms with Crippen LogP contribution >= 0.6 is 0 Å². The fourth-order valence-corrected chi connectivity index (χ4v) is 3.66. The molecular formula is C18H20F3N2O. The first-order chi connectivity index (χ1) is 11.4. The lowest BCUT2D eigenvalue weighted by Crippen LogP contribution is -2.52. The van der Waals surface area contributed by atoms with Crippen molar-refractivity contribution in [3.63, 3.8) is 0 Å². The highest BCUT2D eigenvalue weighted by Crippen LogP contribution is 2.40. The Balaban J connectivity index is 1.69. The molecule has 2 fully saturated rings. The van der Waals surface area contributed by atoms with Gasteiger partial charge in [0.2, 0.25) is 0 Å². The summed E-state index contributed by atoms with van der Waals surface area (Å²) in [4.78, 5) is 2.29. The molecule has 1 saturated carbocycles. The van der Waals surface area contributed by atoms with Crippen LogP contribution < -0.4 is 0 Å². The van der Waals surface area contributed by atoms with Gasteiger partial charge in [0.25, 0.3) is 0 Å². The highest BCUT2D eigenvalue weighted by molar-refractivity contribution is 5.28. The SMILES string of the molecule is CN(C1COC1)C1CCC(c2c[c]c(C(F)(F)F)cc2)C(C#N)C1. The third kappa shape index (κ3) is 3.42. The minimum atomic E-state index is -4.38. The Kier molecular flexibility index (Phi) is 4.84. The summed E-state index contributed by atoms with van der Waals surface area (Å²) in [6.07, 6.45) is -1.88. The molecule has 24 heavy (non-hydrogen) atoms. The molecule has 1 aliphatic heterocycles. The molecule has 1 aliphatic carbocycles. The summed E-state index contributed by atoms with van der Waals surface area (Å²) in [5, 5.41) is 9.53. The van der Waals surface area contributed by atoms with E-state index in [0.29, 0.717) is 12.1 Å². The predicted octanol–water partition coefficient (Wildman–Crippen LogP) is 3.61. The molecule has 129 valence electrons. The number of nitriles is 1. The van der Waals surface area contributed by atoms with Crippen LogP contribution in [0.2, 0.25) is 0 Å². The number of hydrogen-bond donors (Lipinski definition) is 0. The van der Waals surface area contributed by atoms with Crippen molar-refractivity contribution in [1.29, 1.82) is 5.26 Å². The van der Waals surface area contributed by atoms with Gasteiger partial charge in [-0.1, -0.05) is 12.1 Å². The summed E-state index contributed by atoms with van der Waals surface area (Å²) in [5.74, 6) is -0.201. The Morgan fingerprint density at radius 2 is 2.00 bits per heavy atom. The molecule has 0 bridgehead atoms. The van der Waals surface area contributed by atoms with Gasteiger partial charge in [0.05, 0.1) is 36.8 Å². The predicted molar refractivity (Wildman–Crippen MR) is 82.1 cm³/mol. The number of likely N-dealkylation sites (N-methyl/N-ethyl adjacent to an activating group) is 1. The van der Waals surface area contributed by atoms with E-state index in [1.807, 2.05) is 0 Å². The van der Waals surface area contributed by atoms with Crippen molar-refractivity contribution < 1.29 is 17.9 Å². The minimum absolute atomic E-state index is 0.0178. The molecule has 1 aromatic carbocycles. The van der Waals surface area contributed by atoms with Gasteiger partial charge in [0.15, 0.2) is 0 Å². The second kappa shape index (κ2) is 6.73. The third-order valence-electron chi connectivity index (χ3n) is 5.33. The maximum absolute atomic E-state index is 12.7. The van der Waals surface area contributed by atoms with Gasteiger partial charge >= 0.3 is 6.18 Å². The lowest BCUT2D eigenvalue weighted by molar-refractivity contribution is -0.137. The molecule has 3 rings (SSSR count). The van der Waals surface area contributed by atoms with Gasteiger partial charge in [-0.25, -0.2) is 0 Å². The molecule has 1 heterocycles. The highest BCUT2D eigenvalue weighted by Gasteiger charge is 2.37. The second-order valence-electron chi connectivity index (χ2n) is 6.70. The molecule has 1 radical (unpaired) electrons. The monoisotopic (exact) mass is 337 g/mol. The fraction of sp³-hybridized carbons (Fsp3) is 0.611. The van der Waals surface area contributed by atoms with Crippen molar-refractivity contribution in [2.45, 2.75) is 43.4 Å². The van der Waals surface area contributed by atoms with Crippen LogP contribution in [0.15, 0.2) is 18.2 Å². The summed E-state index contributed by atoms with van der Waals surface area (Å²) in [5.41, 5.74) is 0.0146. The molecule has 2 aliphatic rings. The van der Waals surface area contributed by atoms with E-state index in [0.717, 1.165) is 44.1 Å². The lowest BCUT2D eigenvalue weighted by atomic mass is 9.73. The van der Waals surface area contributed by atoms with Gasteiger partial charge in [-0.05, 0) is 49.9 Å². The van der Waals surface area contributed by atoms with E-state index in [-0.39, 0.29) is 11.8 Å². The van der Waals surface area contributed by atoms with E-state index < -0.39 is 11.7 Å². The molecular weight excluding hydrogens is 317 g/mol. The maximum Gasteiger partial charge on any atom is 0.417 e. The Morgan fingerprint density at radius 1 is 1.25 bits per heavy atom. The van der Waals surface area contributed by atoms with E-state index in [2.05, 4.69) is 24.1 Å². The largest absolute Gasteiger partial charge is 0.417 e. The van der Waals surface area contributed by atoms with Crippen molar-refractivity contribution in [1.82, 2.24) is 4.90 Å². The quantitative estimate of drug-likeness (QED) is 0.845. The summed E-state index contributed by atoms with van der Waals surface area (Å²) in [7, 11) is 2.07. The zero-order valence-electron chi connectivity index (χ0n) is 13.5. The Morgan fingerprint density at radius 3 is 2.50 bits per heavy atom. The van der Waals surface area contributed by atoms with E-state index in [9.17, 15) is 18.4 Å². The summed E-state index contributed by atoms with van der Waals surface area (Å²) < 4.78 is 43.2. The Labute approximate surface area is 140 Å². The normalized spacial score (nSPS) is 28.4. The van der Waals surface area contributed by atoms with Crippen LogP contribution in [0, 0.1) is 23.3 Å². The van der Waals surface area contributed by atoms with Gasteiger partial charge in [-0.15, -0.1) is 0 Å². The number of hydrogen-bond acceptors (Lipinski definition) is 3. The van der Waals surface area contributed by atoms with E-state index in [1.54, 1.807) is 0 Å².